The van der Waals surface area contributed by atoms with Gasteiger partial charge in [0, 0.05) is 33.2 Å². The molecule has 214 valence electrons. The van der Waals surface area contributed by atoms with Gasteiger partial charge in [-0.05, 0) is 66.6 Å². The second kappa shape index (κ2) is 13.0. The lowest BCUT2D eigenvalue weighted by atomic mass is 9.83. The van der Waals surface area contributed by atoms with Crippen molar-refractivity contribution in [2.75, 3.05) is 23.5 Å². The third-order valence-corrected chi connectivity index (χ3v) is 9.14. The summed E-state index contributed by atoms with van der Waals surface area (Å²) >= 11 is 2.73. The Morgan fingerprint density at radius 2 is 1.79 bits per heavy atom. The molecular weight excluding hydrogens is 574 g/mol. The van der Waals surface area contributed by atoms with E-state index >= 15 is 0 Å². The van der Waals surface area contributed by atoms with Gasteiger partial charge < -0.3 is 15.4 Å². The topological polar surface area (TPSA) is 128 Å². The van der Waals surface area contributed by atoms with Crippen LogP contribution in [0.25, 0.3) is 0 Å². The SMILES string of the molecule is COC(=O)c1c(NC(=O)CSc2cccc(NC(=O)c3ccc([N+](=O)[O-])cc3)c2)sc2c1CCC(c1ccccc1)C2. The van der Waals surface area contributed by atoms with Crippen LogP contribution in [-0.2, 0) is 22.4 Å². The maximum Gasteiger partial charge on any atom is 0.341 e. The number of thiophene rings is 1. The minimum atomic E-state index is -0.525. The first-order valence-electron chi connectivity index (χ1n) is 13.2. The van der Waals surface area contributed by atoms with Crippen molar-refractivity contribution in [3.63, 3.8) is 0 Å². The number of anilines is 2. The zero-order valence-electron chi connectivity index (χ0n) is 22.6. The number of carbonyl (C=O) groups excluding carboxylic acids is 3. The van der Waals surface area contributed by atoms with Crippen molar-refractivity contribution in [1.82, 2.24) is 0 Å². The summed E-state index contributed by atoms with van der Waals surface area (Å²) < 4.78 is 5.06. The van der Waals surface area contributed by atoms with Gasteiger partial charge in [-0.15, -0.1) is 23.1 Å². The van der Waals surface area contributed by atoms with E-state index in [0.717, 1.165) is 34.6 Å². The van der Waals surface area contributed by atoms with Crippen LogP contribution in [0.4, 0.5) is 16.4 Å². The van der Waals surface area contributed by atoms with E-state index in [0.29, 0.717) is 22.2 Å². The Bertz CT molecular complexity index is 1640. The van der Waals surface area contributed by atoms with Gasteiger partial charge in [-0.2, -0.15) is 0 Å². The minimum Gasteiger partial charge on any atom is -0.465 e. The second-order valence-electron chi connectivity index (χ2n) is 9.67. The van der Waals surface area contributed by atoms with Crippen LogP contribution in [0, 0.1) is 10.1 Å². The molecule has 0 aliphatic heterocycles. The number of thioether (sulfide) groups is 1. The van der Waals surface area contributed by atoms with E-state index in [9.17, 15) is 24.5 Å². The zero-order chi connectivity index (χ0) is 29.6. The largest absolute Gasteiger partial charge is 0.465 e. The highest BCUT2D eigenvalue weighted by atomic mass is 32.2. The molecule has 2 N–H and O–H groups in total. The van der Waals surface area contributed by atoms with Gasteiger partial charge in [0.25, 0.3) is 11.6 Å². The molecule has 0 bridgehead atoms. The summed E-state index contributed by atoms with van der Waals surface area (Å²) in [5, 5.41) is 17.1. The Kier molecular flexibility index (Phi) is 8.99. The molecule has 1 atom stereocenters. The summed E-state index contributed by atoms with van der Waals surface area (Å²) in [6.07, 6.45) is 2.45. The number of hydrogen-bond donors (Lipinski definition) is 2. The van der Waals surface area contributed by atoms with Crippen LogP contribution in [0.5, 0.6) is 0 Å². The van der Waals surface area contributed by atoms with E-state index in [1.807, 2.05) is 24.3 Å². The van der Waals surface area contributed by atoms with Gasteiger partial charge in [0.15, 0.2) is 0 Å². The Morgan fingerprint density at radius 1 is 1.02 bits per heavy atom. The molecule has 2 amide bonds. The average Bonchev–Trinajstić information content (AvgIpc) is 3.37. The average molecular weight is 602 g/mol. The van der Waals surface area contributed by atoms with Crippen molar-refractivity contribution in [2.45, 2.75) is 30.1 Å². The standard InChI is InChI=1S/C31H27N3O6S2/c1-40-31(37)28-25-15-12-21(19-6-3-2-4-7-19)16-26(25)42-30(28)33-27(35)18-41-24-9-5-8-22(17-24)32-29(36)20-10-13-23(14-11-20)34(38)39/h2-11,13-14,17,21H,12,15-16,18H2,1H3,(H,32,36)(H,33,35). The number of hydrogen-bond acceptors (Lipinski definition) is 8. The van der Waals surface area contributed by atoms with Crippen LogP contribution in [0.1, 0.15) is 49.1 Å². The number of nitrogens with zero attached hydrogens (tertiary/aromatic N) is 1. The molecule has 1 unspecified atom stereocenters. The zero-order valence-corrected chi connectivity index (χ0v) is 24.3. The Hall–Kier alpha value is -4.48. The highest BCUT2D eigenvalue weighted by Crippen LogP contribution is 2.43. The first-order valence-corrected chi connectivity index (χ1v) is 15.0. The predicted molar refractivity (Wildman–Crippen MR) is 164 cm³/mol. The van der Waals surface area contributed by atoms with E-state index < -0.39 is 16.8 Å². The van der Waals surface area contributed by atoms with Crippen LogP contribution in [0.3, 0.4) is 0 Å². The molecule has 0 saturated heterocycles. The lowest BCUT2D eigenvalue weighted by Crippen LogP contribution is -2.17. The van der Waals surface area contributed by atoms with Gasteiger partial charge in [0.1, 0.15) is 5.00 Å². The van der Waals surface area contributed by atoms with Crippen LogP contribution in [-0.4, -0.2) is 35.6 Å². The molecule has 0 fully saturated rings. The normalized spacial score (nSPS) is 14.0. The third-order valence-electron chi connectivity index (χ3n) is 6.98. The number of amides is 2. The molecule has 11 heteroatoms. The number of methoxy groups -OCH3 is 1. The number of nitrogens with one attached hydrogen (secondary N) is 2. The first-order chi connectivity index (χ1) is 20.3. The number of nitro benzene ring substituents is 1. The number of esters is 1. The van der Waals surface area contributed by atoms with Crippen molar-refractivity contribution in [2.24, 2.45) is 0 Å². The third kappa shape index (κ3) is 6.69. The quantitative estimate of drug-likeness (QED) is 0.0946. The fourth-order valence-corrected chi connectivity index (χ4v) is 7.00. The van der Waals surface area contributed by atoms with Crippen LogP contribution >= 0.6 is 23.1 Å². The van der Waals surface area contributed by atoms with E-state index in [1.165, 1.54) is 60.0 Å². The molecule has 0 spiro atoms. The number of ether oxygens (including phenoxy) is 1. The predicted octanol–water partition coefficient (Wildman–Crippen LogP) is 6.70. The number of benzene rings is 3. The lowest BCUT2D eigenvalue weighted by Gasteiger charge is -2.22. The van der Waals surface area contributed by atoms with Crippen LogP contribution < -0.4 is 10.6 Å². The maximum absolute atomic E-state index is 13.0. The monoisotopic (exact) mass is 601 g/mol. The Balaban J connectivity index is 1.22. The fourth-order valence-electron chi connectivity index (χ4n) is 4.91. The fraction of sp³-hybridized carbons (Fsp3) is 0.194. The first kappa shape index (κ1) is 29.0. The van der Waals surface area contributed by atoms with Crippen molar-refractivity contribution in [1.29, 1.82) is 0 Å². The highest BCUT2D eigenvalue weighted by Gasteiger charge is 2.30. The molecule has 9 nitrogen and oxygen atoms in total. The Labute approximate surface area is 250 Å². The summed E-state index contributed by atoms with van der Waals surface area (Å²) in [7, 11) is 1.34. The van der Waals surface area contributed by atoms with E-state index in [4.69, 9.17) is 4.74 Å². The van der Waals surface area contributed by atoms with E-state index in [1.54, 1.807) is 18.2 Å². The minimum absolute atomic E-state index is 0.0928. The molecule has 1 aromatic heterocycles. The molecule has 0 saturated carbocycles. The maximum atomic E-state index is 13.0. The van der Waals surface area contributed by atoms with Crippen molar-refractivity contribution < 1.29 is 24.0 Å². The van der Waals surface area contributed by atoms with Gasteiger partial charge >= 0.3 is 5.97 Å². The van der Waals surface area contributed by atoms with Gasteiger partial charge in [-0.3, -0.25) is 19.7 Å². The van der Waals surface area contributed by atoms with Gasteiger partial charge in [0.2, 0.25) is 5.91 Å². The second-order valence-corrected chi connectivity index (χ2v) is 11.8. The summed E-state index contributed by atoms with van der Waals surface area (Å²) in [6.45, 7) is 0. The number of non-ortho nitro benzene ring substituents is 1. The summed E-state index contributed by atoms with van der Waals surface area (Å²) in [6, 6.07) is 22.7. The molecule has 4 aromatic rings. The summed E-state index contributed by atoms with van der Waals surface area (Å²) in [4.78, 5) is 50.4. The highest BCUT2D eigenvalue weighted by molar-refractivity contribution is 8.00. The summed E-state index contributed by atoms with van der Waals surface area (Å²) in [5.41, 5.74) is 3.38. The number of nitro groups is 1. The molecule has 1 aliphatic rings. The molecule has 0 radical (unpaired) electrons. The lowest BCUT2D eigenvalue weighted by molar-refractivity contribution is -0.384. The van der Waals surface area contributed by atoms with Crippen molar-refractivity contribution >= 4 is 57.3 Å². The smallest absolute Gasteiger partial charge is 0.341 e. The number of carbonyl (C=O) groups is 3. The van der Waals surface area contributed by atoms with Gasteiger partial charge in [-0.1, -0.05) is 36.4 Å². The molecule has 1 aliphatic carbocycles. The van der Waals surface area contributed by atoms with Gasteiger partial charge in [0.05, 0.1) is 23.3 Å². The molecule has 42 heavy (non-hydrogen) atoms. The van der Waals surface area contributed by atoms with Crippen molar-refractivity contribution in [3.05, 3.63) is 116 Å². The van der Waals surface area contributed by atoms with E-state index in [-0.39, 0.29) is 22.9 Å². The van der Waals surface area contributed by atoms with Crippen LogP contribution in [0.2, 0.25) is 0 Å². The van der Waals surface area contributed by atoms with Gasteiger partial charge in [-0.25, -0.2) is 4.79 Å². The van der Waals surface area contributed by atoms with E-state index in [2.05, 4.69) is 22.8 Å². The number of fused-ring (bicyclic) bond motifs is 1. The Morgan fingerprint density at radius 3 is 2.50 bits per heavy atom. The summed E-state index contributed by atoms with van der Waals surface area (Å²) in [5.74, 6) is -0.671. The molecule has 5 rings (SSSR count). The number of rotatable bonds is 9. The van der Waals surface area contributed by atoms with Crippen LogP contribution in [0.15, 0.2) is 83.8 Å². The molecular formula is C31H27N3O6S2. The van der Waals surface area contributed by atoms with Crippen molar-refractivity contribution in [3.8, 4) is 0 Å². The molecule has 1 heterocycles. The molecule has 3 aromatic carbocycles.